The Kier molecular flexibility index (Phi) is 4.85. The highest BCUT2D eigenvalue weighted by Gasteiger charge is 2.20. The van der Waals surface area contributed by atoms with E-state index in [0.29, 0.717) is 6.61 Å². The van der Waals surface area contributed by atoms with Crippen LogP contribution in [0.2, 0.25) is 0 Å². The molecule has 2 N–H and O–H groups in total. The van der Waals surface area contributed by atoms with Gasteiger partial charge in [-0.25, -0.2) is 14.6 Å². The molecule has 1 rings (SSSR count). The van der Waals surface area contributed by atoms with Crippen LogP contribution in [-0.2, 0) is 9.47 Å². The number of ether oxygens (including phenoxy) is 2. The van der Waals surface area contributed by atoms with Crippen molar-refractivity contribution in [2.45, 2.75) is 13.8 Å². The number of hydrogen-bond donors (Lipinski definition) is 2. The van der Waals surface area contributed by atoms with E-state index in [9.17, 15) is 9.59 Å². The number of carbonyl (C=O) groups is 1. The van der Waals surface area contributed by atoms with E-state index in [0.717, 1.165) is 0 Å². The van der Waals surface area contributed by atoms with Crippen LogP contribution in [0.5, 0.6) is 0 Å². The van der Waals surface area contributed by atoms with E-state index in [1.807, 2.05) is 13.8 Å². The lowest BCUT2D eigenvalue weighted by molar-refractivity contribution is 0.0452. The van der Waals surface area contributed by atoms with Crippen LogP contribution in [0.25, 0.3) is 0 Å². The molecule has 1 amide bonds. The molecule has 1 heterocycles. The first-order chi connectivity index (χ1) is 8.43. The van der Waals surface area contributed by atoms with Crippen LogP contribution in [0.4, 0.5) is 10.6 Å². The number of aromatic nitrogens is 2. The van der Waals surface area contributed by atoms with Gasteiger partial charge < -0.3 is 9.47 Å². The van der Waals surface area contributed by atoms with Gasteiger partial charge in [0.2, 0.25) is 0 Å². The first-order valence-electron chi connectivity index (χ1n) is 5.41. The van der Waals surface area contributed by atoms with Gasteiger partial charge in [0.05, 0.1) is 6.61 Å². The number of nitrogens with zero attached hydrogens (tertiary/aromatic N) is 1. The summed E-state index contributed by atoms with van der Waals surface area (Å²) in [5.74, 6) is 0.240. The number of amides is 1. The molecule has 0 aliphatic heterocycles. The van der Waals surface area contributed by atoms with E-state index in [1.165, 1.54) is 12.3 Å². The maximum Gasteiger partial charge on any atom is 0.412 e. The summed E-state index contributed by atoms with van der Waals surface area (Å²) in [5.41, 5.74) is -0.801. The maximum atomic E-state index is 11.5. The summed E-state index contributed by atoms with van der Waals surface area (Å²) in [4.78, 5) is 28.2. The van der Waals surface area contributed by atoms with E-state index in [2.05, 4.69) is 15.3 Å². The van der Waals surface area contributed by atoms with Crippen LogP contribution in [0.15, 0.2) is 17.1 Å². The molecule has 0 saturated carbocycles. The minimum atomic E-state index is -0.638. The summed E-state index contributed by atoms with van der Waals surface area (Å²) in [5, 5.41) is 2.40. The molecular formula is C11H17N3O4. The van der Waals surface area contributed by atoms with E-state index in [1.54, 1.807) is 7.11 Å². The van der Waals surface area contributed by atoms with Gasteiger partial charge in [0.1, 0.15) is 12.4 Å². The van der Waals surface area contributed by atoms with Crippen LogP contribution in [0.1, 0.15) is 13.8 Å². The number of rotatable bonds is 5. The minimum absolute atomic E-state index is 0.210. The third kappa shape index (κ3) is 4.96. The highest BCUT2D eigenvalue weighted by Crippen LogP contribution is 2.15. The van der Waals surface area contributed by atoms with Gasteiger partial charge in [-0.2, -0.15) is 0 Å². The zero-order valence-corrected chi connectivity index (χ0v) is 10.6. The SMILES string of the molecule is COCC(C)(C)COC(=O)Nc1ccnc(=O)[nH]1. The molecule has 0 bridgehead atoms. The van der Waals surface area contributed by atoms with Crippen LogP contribution >= 0.6 is 0 Å². The summed E-state index contributed by atoms with van der Waals surface area (Å²) in [6, 6.07) is 1.46. The van der Waals surface area contributed by atoms with Crippen molar-refractivity contribution in [2.75, 3.05) is 25.6 Å². The standard InChI is InChI=1S/C11H17N3O4/c1-11(2,6-17-3)7-18-10(16)14-8-4-5-12-9(15)13-8/h4-5H,6-7H2,1-3H3,(H2,12,13,14,15,16). The van der Waals surface area contributed by atoms with E-state index < -0.39 is 11.8 Å². The lowest BCUT2D eigenvalue weighted by Gasteiger charge is -2.22. The Labute approximate surface area is 105 Å². The number of hydrogen-bond acceptors (Lipinski definition) is 5. The molecule has 0 aromatic carbocycles. The Hall–Kier alpha value is -1.89. The summed E-state index contributed by atoms with van der Waals surface area (Å²) in [6.07, 6.45) is 0.657. The molecule has 18 heavy (non-hydrogen) atoms. The number of carbonyl (C=O) groups excluding carboxylic acids is 1. The van der Waals surface area contributed by atoms with Gasteiger partial charge in [0, 0.05) is 18.7 Å². The van der Waals surface area contributed by atoms with Crippen LogP contribution < -0.4 is 11.0 Å². The molecule has 0 radical (unpaired) electrons. The summed E-state index contributed by atoms with van der Waals surface area (Å²) in [7, 11) is 1.59. The second kappa shape index (κ2) is 6.15. The first-order valence-corrected chi connectivity index (χ1v) is 5.41. The highest BCUT2D eigenvalue weighted by atomic mass is 16.6. The van der Waals surface area contributed by atoms with E-state index in [-0.39, 0.29) is 17.8 Å². The molecule has 100 valence electrons. The van der Waals surface area contributed by atoms with Gasteiger partial charge in [-0.3, -0.25) is 10.3 Å². The molecule has 7 nitrogen and oxygen atoms in total. The number of anilines is 1. The Balaban J connectivity index is 2.45. The zero-order chi connectivity index (χ0) is 13.6. The molecule has 7 heteroatoms. The van der Waals surface area contributed by atoms with Crippen molar-refractivity contribution in [2.24, 2.45) is 5.41 Å². The molecule has 0 spiro atoms. The average Bonchev–Trinajstić information content (AvgIpc) is 2.26. The largest absolute Gasteiger partial charge is 0.449 e. The first kappa shape index (κ1) is 14.2. The fourth-order valence-electron chi connectivity index (χ4n) is 1.28. The molecular weight excluding hydrogens is 238 g/mol. The number of H-pyrrole nitrogens is 1. The van der Waals surface area contributed by atoms with Gasteiger partial charge >= 0.3 is 11.8 Å². The molecule has 0 saturated heterocycles. The number of aromatic amines is 1. The summed E-state index contributed by atoms with van der Waals surface area (Å²) >= 11 is 0. The molecule has 0 unspecified atom stereocenters. The Morgan fingerprint density at radius 2 is 2.22 bits per heavy atom. The van der Waals surface area contributed by atoms with Crippen molar-refractivity contribution >= 4 is 11.9 Å². The van der Waals surface area contributed by atoms with Crippen molar-refractivity contribution in [3.05, 3.63) is 22.7 Å². The summed E-state index contributed by atoms with van der Waals surface area (Å²) in [6.45, 7) is 4.52. The van der Waals surface area contributed by atoms with E-state index in [4.69, 9.17) is 9.47 Å². The molecule has 0 aliphatic carbocycles. The highest BCUT2D eigenvalue weighted by molar-refractivity contribution is 5.83. The van der Waals surface area contributed by atoms with Crippen molar-refractivity contribution in [1.82, 2.24) is 9.97 Å². The lowest BCUT2D eigenvalue weighted by Crippen LogP contribution is -2.28. The van der Waals surface area contributed by atoms with Crippen LogP contribution in [0, 0.1) is 5.41 Å². The molecule has 0 atom stereocenters. The van der Waals surface area contributed by atoms with Gasteiger partial charge in [-0.05, 0) is 6.07 Å². The van der Waals surface area contributed by atoms with E-state index >= 15 is 0 Å². The van der Waals surface area contributed by atoms with Gasteiger partial charge in [0.15, 0.2) is 0 Å². The molecule has 1 aromatic heterocycles. The normalized spacial score (nSPS) is 11.1. The number of nitrogens with one attached hydrogen (secondary N) is 2. The van der Waals surface area contributed by atoms with Crippen molar-refractivity contribution < 1.29 is 14.3 Å². The fourth-order valence-corrected chi connectivity index (χ4v) is 1.28. The third-order valence-corrected chi connectivity index (χ3v) is 2.04. The molecule has 0 fully saturated rings. The van der Waals surface area contributed by atoms with Crippen LogP contribution in [-0.4, -0.2) is 36.4 Å². The third-order valence-electron chi connectivity index (χ3n) is 2.04. The van der Waals surface area contributed by atoms with Crippen molar-refractivity contribution in [3.8, 4) is 0 Å². The zero-order valence-electron chi connectivity index (χ0n) is 10.6. The minimum Gasteiger partial charge on any atom is -0.449 e. The predicted octanol–water partition coefficient (Wildman–Crippen LogP) is 0.991. The topological polar surface area (TPSA) is 93.3 Å². The van der Waals surface area contributed by atoms with Crippen LogP contribution in [0.3, 0.4) is 0 Å². The monoisotopic (exact) mass is 255 g/mol. The summed E-state index contributed by atoms with van der Waals surface area (Å²) < 4.78 is 10.0. The maximum absolute atomic E-state index is 11.5. The Morgan fingerprint density at radius 1 is 1.50 bits per heavy atom. The fraction of sp³-hybridized carbons (Fsp3) is 0.545. The van der Waals surface area contributed by atoms with Crippen molar-refractivity contribution in [3.63, 3.8) is 0 Å². The number of methoxy groups -OCH3 is 1. The quantitative estimate of drug-likeness (QED) is 0.818. The Bertz CT molecular complexity index is 456. The smallest absolute Gasteiger partial charge is 0.412 e. The van der Waals surface area contributed by atoms with Gasteiger partial charge in [-0.1, -0.05) is 13.8 Å². The second-order valence-corrected chi connectivity index (χ2v) is 4.59. The Morgan fingerprint density at radius 3 is 2.83 bits per heavy atom. The van der Waals surface area contributed by atoms with Gasteiger partial charge in [0.25, 0.3) is 0 Å². The molecule has 1 aromatic rings. The van der Waals surface area contributed by atoms with Gasteiger partial charge in [-0.15, -0.1) is 0 Å². The molecule has 0 aliphatic rings. The average molecular weight is 255 g/mol. The second-order valence-electron chi connectivity index (χ2n) is 4.59. The predicted molar refractivity (Wildman–Crippen MR) is 65.5 cm³/mol. The lowest BCUT2D eigenvalue weighted by atomic mass is 9.96. The van der Waals surface area contributed by atoms with Crippen molar-refractivity contribution in [1.29, 1.82) is 0 Å².